The Morgan fingerprint density at radius 1 is 1.22 bits per heavy atom. The fourth-order valence-corrected chi connectivity index (χ4v) is 1.64. The molecule has 0 aliphatic heterocycles. The van der Waals surface area contributed by atoms with E-state index in [0.29, 0.717) is 27.6 Å². The molecule has 2 aromatic rings. The molecule has 0 N–H and O–H groups in total. The molecule has 90 valence electrons. The third kappa shape index (κ3) is 2.61. The third-order valence-electron chi connectivity index (χ3n) is 2.43. The van der Waals surface area contributed by atoms with Crippen LogP contribution in [0.5, 0.6) is 11.5 Å². The fourth-order valence-electron chi connectivity index (χ4n) is 1.42. The van der Waals surface area contributed by atoms with Crippen molar-refractivity contribution in [2.75, 3.05) is 0 Å². The van der Waals surface area contributed by atoms with Crippen molar-refractivity contribution in [2.24, 2.45) is 0 Å². The van der Waals surface area contributed by atoms with E-state index >= 15 is 0 Å². The average molecular weight is 262 g/mol. The van der Waals surface area contributed by atoms with E-state index in [-0.39, 0.29) is 5.82 Å². The Kier molecular flexibility index (Phi) is 3.50. The third-order valence-corrected chi connectivity index (χ3v) is 2.73. The molecular formula is C14H9ClFNO. The highest BCUT2D eigenvalue weighted by Crippen LogP contribution is 2.30. The van der Waals surface area contributed by atoms with Gasteiger partial charge in [0.05, 0.1) is 16.7 Å². The van der Waals surface area contributed by atoms with Crippen molar-refractivity contribution >= 4 is 11.6 Å². The summed E-state index contributed by atoms with van der Waals surface area (Å²) in [5.74, 6) is 0.417. The maximum Gasteiger partial charge on any atom is 0.146 e. The van der Waals surface area contributed by atoms with Crippen molar-refractivity contribution in [2.45, 2.75) is 6.92 Å². The van der Waals surface area contributed by atoms with Gasteiger partial charge in [0, 0.05) is 6.07 Å². The van der Waals surface area contributed by atoms with Crippen molar-refractivity contribution in [1.82, 2.24) is 0 Å². The summed E-state index contributed by atoms with van der Waals surface area (Å²) in [6.07, 6.45) is 0. The van der Waals surface area contributed by atoms with E-state index in [4.69, 9.17) is 21.6 Å². The van der Waals surface area contributed by atoms with Gasteiger partial charge in [-0.05, 0) is 36.8 Å². The van der Waals surface area contributed by atoms with Gasteiger partial charge in [-0.15, -0.1) is 0 Å². The van der Waals surface area contributed by atoms with Gasteiger partial charge in [-0.3, -0.25) is 0 Å². The van der Waals surface area contributed by atoms with Crippen LogP contribution < -0.4 is 4.74 Å². The summed E-state index contributed by atoms with van der Waals surface area (Å²) < 4.78 is 18.8. The highest BCUT2D eigenvalue weighted by atomic mass is 35.5. The standard InChI is InChI=1S/C14H9ClFNO/c1-9-2-4-11(7-13(9)16)18-14-5-3-10(8-17)6-12(14)15/h2-7H,1H3. The molecule has 2 nitrogen and oxygen atoms in total. The fraction of sp³-hybridized carbons (Fsp3) is 0.0714. The second kappa shape index (κ2) is 5.07. The predicted octanol–water partition coefficient (Wildman–Crippen LogP) is 4.45. The van der Waals surface area contributed by atoms with Gasteiger partial charge < -0.3 is 4.74 Å². The van der Waals surface area contributed by atoms with Crippen LogP contribution in [-0.4, -0.2) is 0 Å². The largest absolute Gasteiger partial charge is 0.456 e. The molecule has 0 radical (unpaired) electrons. The van der Waals surface area contributed by atoms with E-state index in [9.17, 15) is 4.39 Å². The molecule has 0 fully saturated rings. The lowest BCUT2D eigenvalue weighted by molar-refractivity contribution is 0.476. The summed E-state index contributed by atoms with van der Waals surface area (Å²) >= 11 is 5.96. The lowest BCUT2D eigenvalue weighted by Crippen LogP contribution is -1.89. The Labute approximate surface area is 109 Å². The minimum absolute atomic E-state index is 0.315. The predicted molar refractivity (Wildman–Crippen MR) is 67.4 cm³/mol. The van der Waals surface area contributed by atoms with Crippen LogP contribution in [0.4, 0.5) is 4.39 Å². The van der Waals surface area contributed by atoms with Crippen molar-refractivity contribution in [1.29, 1.82) is 5.26 Å². The molecule has 0 atom stereocenters. The maximum atomic E-state index is 13.3. The molecule has 0 unspecified atom stereocenters. The molecule has 2 rings (SSSR count). The molecular weight excluding hydrogens is 253 g/mol. The van der Waals surface area contributed by atoms with Crippen molar-refractivity contribution < 1.29 is 9.13 Å². The summed E-state index contributed by atoms with van der Waals surface area (Å²) in [4.78, 5) is 0. The SMILES string of the molecule is Cc1ccc(Oc2ccc(C#N)cc2Cl)cc1F. The van der Waals surface area contributed by atoms with Crippen LogP contribution in [0.2, 0.25) is 5.02 Å². The van der Waals surface area contributed by atoms with E-state index in [0.717, 1.165) is 0 Å². The first-order valence-corrected chi connectivity index (χ1v) is 5.61. The maximum absolute atomic E-state index is 13.3. The first-order valence-electron chi connectivity index (χ1n) is 5.24. The van der Waals surface area contributed by atoms with Crippen LogP contribution >= 0.6 is 11.6 Å². The zero-order chi connectivity index (χ0) is 13.1. The molecule has 0 heterocycles. The van der Waals surface area contributed by atoms with E-state index in [2.05, 4.69) is 0 Å². The zero-order valence-corrected chi connectivity index (χ0v) is 10.3. The molecule has 2 aromatic carbocycles. The number of benzene rings is 2. The molecule has 4 heteroatoms. The summed E-state index contributed by atoms with van der Waals surface area (Å²) in [7, 11) is 0. The smallest absolute Gasteiger partial charge is 0.146 e. The van der Waals surface area contributed by atoms with E-state index in [1.165, 1.54) is 12.1 Å². The minimum Gasteiger partial charge on any atom is -0.456 e. The quantitative estimate of drug-likeness (QED) is 0.800. The van der Waals surface area contributed by atoms with Gasteiger partial charge in [0.2, 0.25) is 0 Å². The summed E-state index contributed by atoms with van der Waals surface area (Å²) in [5.41, 5.74) is 0.996. The monoisotopic (exact) mass is 261 g/mol. The highest BCUT2D eigenvalue weighted by molar-refractivity contribution is 6.32. The Morgan fingerprint density at radius 3 is 2.61 bits per heavy atom. The summed E-state index contributed by atoms with van der Waals surface area (Å²) in [6, 6.07) is 11.2. The summed E-state index contributed by atoms with van der Waals surface area (Å²) in [5, 5.41) is 9.03. The second-order valence-electron chi connectivity index (χ2n) is 3.77. The number of hydrogen-bond acceptors (Lipinski definition) is 2. The van der Waals surface area contributed by atoms with Gasteiger partial charge in [0.1, 0.15) is 17.3 Å². The Hall–Kier alpha value is -2.05. The van der Waals surface area contributed by atoms with Gasteiger partial charge in [-0.25, -0.2) is 4.39 Å². The molecule has 0 aromatic heterocycles. The van der Waals surface area contributed by atoms with Crippen LogP contribution in [-0.2, 0) is 0 Å². The molecule has 0 bridgehead atoms. The summed E-state index contributed by atoms with van der Waals surface area (Å²) in [6.45, 7) is 1.67. The molecule has 0 amide bonds. The topological polar surface area (TPSA) is 33.0 Å². The minimum atomic E-state index is -0.336. The number of ether oxygens (including phenoxy) is 1. The zero-order valence-electron chi connectivity index (χ0n) is 9.58. The Morgan fingerprint density at radius 2 is 2.00 bits per heavy atom. The highest BCUT2D eigenvalue weighted by Gasteiger charge is 2.06. The molecule has 18 heavy (non-hydrogen) atoms. The van der Waals surface area contributed by atoms with Crippen LogP contribution in [0.3, 0.4) is 0 Å². The number of aryl methyl sites for hydroxylation is 1. The van der Waals surface area contributed by atoms with Crippen molar-refractivity contribution in [3.8, 4) is 17.6 Å². The van der Waals surface area contributed by atoms with Crippen molar-refractivity contribution in [3.63, 3.8) is 0 Å². The van der Waals surface area contributed by atoms with Gasteiger partial charge in [0.25, 0.3) is 0 Å². The number of rotatable bonds is 2. The number of halogens is 2. The van der Waals surface area contributed by atoms with Crippen LogP contribution in [0.1, 0.15) is 11.1 Å². The van der Waals surface area contributed by atoms with Crippen LogP contribution in [0.15, 0.2) is 36.4 Å². The molecule has 0 saturated carbocycles. The Balaban J connectivity index is 2.29. The van der Waals surface area contributed by atoms with E-state index < -0.39 is 0 Å². The van der Waals surface area contributed by atoms with Gasteiger partial charge in [-0.2, -0.15) is 5.26 Å². The number of nitrogens with zero attached hydrogens (tertiary/aromatic N) is 1. The second-order valence-corrected chi connectivity index (χ2v) is 4.18. The van der Waals surface area contributed by atoms with Crippen LogP contribution in [0, 0.1) is 24.1 Å². The number of hydrogen-bond donors (Lipinski definition) is 0. The lowest BCUT2D eigenvalue weighted by Gasteiger charge is -2.08. The lowest BCUT2D eigenvalue weighted by atomic mass is 10.2. The first kappa shape index (κ1) is 12.4. The van der Waals surface area contributed by atoms with E-state index in [1.54, 1.807) is 31.2 Å². The van der Waals surface area contributed by atoms with Gasteiger partial charge in [0.15, 0.2) is 0 Å². The molecule has 0 saturated heterocycles. The molecule has 0 aliphatic rings. The normalized spacial score (nSPS) is 9.89. The Bertz CT molecular complexity index is 634. The van der Waals surface area contributed by atoms with Gasteiger partial charge in [-0.1, -0.05) is 17.7 Å². The molecule has 0 spiro atoms. The first-order chi connectivity index (χ1) is 8.60. The average Bonchev–Trinajstić information content (AvgIpc) is 2.36. The molecule has 0 aliphatic carbocycles. The van der Waals surface area contributed by atoms with Crippen molar-refractivity contribution in [3.05, 3.63) is 58.4 Å². The number of nitriles is 1. The van der Waals surface area contributed by atoms with Gasteiger partial charge >= 0.3 is 0 Å². The van der Waals surface area contributed by atoms with E-state index in [1.807, 2.05) is 6.07 Å². The van der Waals surface area contributed by atoms with Crippen LogP contribution in [0.25, 0.3) is 0 Å².